The normalized spacial score (nSPS) is 11.6. The number of rotatable bonds is 7. The summed E-state index contributed by atoms with van der Waals surface area (Å²) in [6.07, 6.45) is 0. The molecule has 2 aromatic heterocycles. The summed E-state index contributed by atoms with van der Waals surface area (Å²) in [4.78, 5) is 2.38. The van der Waals surface area contributed by atoms with Gasteiger partial charge in [0.25, 0.3) is 0 Å². The minimum Gasteiger partial charge on any atom is -0.455 e. The number of nitrogens with zero attached hydrogens (tertiary/aromatic N) is 2. The van der Waals surface area contributed by atoms with Crippen LogP contribution in [0.1, 0.15) is 0 Å². The maximum Gasteiger partial charge on any atom is 0.143 e. The maximum atomic E-state index is 6.68. The van der Waals surface area contributed by atoms with E-state index in [0.717, 1.165) is 66.8 Å². The molecule has 0 N–H and O–H groups in total. The van der Waals surface area contributed by atoms with Gasteiger partial charge in [-0.2, -0.15) is 0 Å². The molecule has 0 saturated heterocycles. The lowest BCUT2D eigenvalue weighted by Gasteiger charge is -2.28. The quantitative estimate of drug-likeness (QED) is 0.161. The van der Waals surface area contributed by atoms with Crippen LogP contribution in [0.25, 0.3) is 93.6 Å². The molecule has 3 nitrogen and oxygen atoms in total. The van der Waals surface area contributed by atoms with E-state index in [4.69, 9.17) is 4.42 Å². The van der Waals surface area contributed by atoms with Crippen LogP contribution in [-0.2, 0) is 0 Å². The van der Waals surface area contributed by atoms with E-state index in [1.807, 2.05) is 0 Å². The third-order valence-electron chi connectivity index (χ3n) is 12.2. The van der Waals surface area contributed by atoms with Crippen LogP contribution in [0.5, 0.6) is 0 Å². The molecule has 0 aliphatic carbocycles. The molecule has 61 heavy (non-hydrogen) atoms. The lowest BCUT2D eigenvalue weighted by molar-refractivity contribution is 0.673. The molecule has 2 heterocycles. The predicted molar refractivity (Wildman–Crippen MR) is 257 cm³/mol. The van der Waals surface area contributed by atoms with Gasteiger partial charge in [-0.25, -0.2) is 0 Å². The first kappa shape index (κ1) is 34.9. The fraction of sp³-hybridized carbons (Fsp3) is 0. The highest BCUT2D eigenvalue weighted by molar-refractivity contribution is 6.15. The average molecular weight is 779 g/mol. The Hall–Kier alpha value is -8.14. The van der Waals surface area contributed by atoms with Crippen molar-refractivity contribution >= 4 is 71.6 Å². The molecule has 12 rings (SSSR count). The molecule has 0 spiro atoms. The fourth-order valence-corrected chi connectivity index (χ4v) is 9.33. The van der Waals surface area contributed by atoms with Gasteiger partial charge < -0.3 is 13.9 Å². The summed E-state index contributed by atoms with van der Waals surface area (Å²) in [7, 11) is 0. The van der Waals surface area contributed by atoms with Gasteiger partial charge in [0, 0.05) is 49.4 Å². The van der Waals surface area contributed by atoms with Crippen LogP contribution in [0.15, 0.2) is 235 Å². The second kappa shape index (κ2) is 14.3. The zero-order chi connectivity index (χ0) is 40.3. The zero-order valence-electron chi connectivity index (χ0n) is 33.2. The Morgan fingerprint density at radius 1 is 0.344 bits per heavy atom. The van der Waals surface area contributed by atoms with Gasteiger partial charge in [0.05, 0.1) is 22.4 Å². The van der Waals surface area contributed by atoms with Crippen molar-refractivity contribution < 1.29 is 4.42 Å². The van der Waals surface area contributed by atoms with E-state index >= 15 is 0 Å². The van der Waals surface area contributed by atoms with Gasteiger partial charge in [0.15, 0.2) is 0 Å². The fourth-order valence-electron chi connectivity index (χ4n) is 9.33. The second-order valence-corrected chi connectivity index (χ2v) is 15.7. The third kappa shape index (κ3) is 5.82. The van der Waals surface area contributed by atoms with Crippen molar-refractivity contribution in [1.29, 1.82) is 0 Å². The first-order valence-electron chi connectivity index (χ1n) is 20.8. The SMILES string of the molecule is c1ccc(-c2ccc(N(c3ccc(-c4ccccc4-n4c5ccccc5c5ccccc54)cc3)c3ccccc3-c3ccc4c(c3)oc3c5ccccc5ccc43)cc2)cc1. The van der Waals surface area contributed by atoms with Gasteiger partial charge >= 0.3 is 0 Å². The minimum absolute atomic E-state index is 0.878. The first-order valence-corrected chi connectivity index (χ1v) is 20.8. The molecule has 0 aliphatic rings. The molecule has 0 atom stereocenters. The van der Waals surface area contributed by atoms with Gasteiger partial charge in [-0.15, -0.1) is 0 Å². The summed E-state index contributed by atoms with van der Waals surface area (Å²) in [5.74, 6) is 0. The summed E-state index contributed by atoms with van der Waals surface area (Å²) in [5.41, 5.74) is 15.5. The zero-order valence-corrected chi connectivity index (χ0v) is 33.2. The monoisotopic (exact) mass is 778 g/mol. The molecule has 0 fully saturated rings. The topological polar surface area (TPSA) is 21.3 Å². The Labute approximate surface area is 353 Å². The average Bonchev–Trinajstić information content (AvgIpc) is 3.88. The van der Waals surface area contributed by atoms with Gasteiger partial charge in [-0.1, -0.05) is 164 Å². The molecule has 0 unspecified atom stereocenters. The van der Waals surface area contributed by atoms with Crippen LogP contribution >= 0.6 is 0 Å². The Balaban J connectivity index is 0.995. The predicted octanol–water partition coefficient (Wildman–Crippen LogP) is 16.3. The van der Waals surface area contributed by atoms with Crippen LogP contribution in [0.3, 0.4) is 0 Å². The Morgan fingerprint density at radius 3 is 1.62 bits per heavy atom. The number of anilines is 3. The van der Waals surface area contributed by atoms with Crippen LogP contribution in [0, 0.1) is 0 Å². The van der Waals surface area contributed by atoms with E-state index < -0.39 is 0 Å². The van der Waals surface area contributed by atoms with Crippen molar-refractivity contribution in [2.75, 3.05) is 4.90 Å². The molecule has 0 amide bonds. The summed E-state index contributed by atoms with van der Waals surface area (Å²) in [6.45, 7) is 0. The maximum absolute atomic E-state index is 6.68. The number of furan rings is 1. The number of para-hydroxylation sites is 4. The summed E-state index contributed by atoms with van der Waals surface area (Å²) < 4.78 is 9.09. The number of fused-ring (bicyclic) bond motifs is 8. The van der Waals surface area contributed by atoms with Crippen LogP contribution in [-0.4, -0.2) is 4.57 Å². The van der Waals surface area contributed by atoms with Crippen molar-refractivity contribution in [1.82, 2.24) is 4.57 Å². The minimum atomic E-state index is 0.878. The van der Waals surface area contributed by atoms with Gasteiger partial charge in [0.1, 0.15) is 11.2 Å². The molecular formula is C58H38N2O. The highest BCUT2D eigenvalue weighted by Gasteiger charge is 2.20. The molecule has 0 bridgehead atoms. The van der Waals surface area contributed by atoms with Crippen molar-refractivity contribution in [3.05, 3.63) is 231 Å². The Bertz CT molecular complexity index is 3520. The molecule has 10 aromatic carbocycles. The van der Waals surface area contributed by atoms with E-state index in [2.05, 4.69) is 240 Å². The standard InChI is InChI=1S/C58H38N2O/c1-2-14-39(15-3-1)40-26-32-44(33-27-40)59(53-22-10-7-18-47(53)43-31-36-51-52-37-30-41-16-4-5-19-48(41)58(52)61-57(51)38-43)45-34-28-42(29-35-45)46-17-6-11-23-54(46)60-55-24-12-8-20-49(55)50-21-9-13-25-56(50)60/h1-38H. The summed E-state index contributed by atoms with van der Waals surface area (Å²) in [5, 5.41) is 7.06. The third-order valence-corrected chi connectivity index (χ3v) is 12.2. The summed E-state index contributed by atoms with van der Waals surface area (Å²) >= 11 is 0. The Kier molecular flexibility index (Phi) is 8.17. The molecule has 286 valence electrons. The van der Waals surface area contributed by atoms with E-state index in [-0.39, 0.29) is 0 Å². The van der Waals surface area contributed by atoms with Crippen molar-refractivity contribution in [3.63, 3.8) is 0 Å². The van der Waals surface area contributed by atoms with Crippen molar-refractivity contribution in [2.24, 2.45) is 0 Å². The van der Waals surface area contributed by atoms with Gasteiger partial charge in [-0.05, 0) is 94.4 Å². The summed E-state index contributed by atoms with van der Waals surface area (Å²) in [6, 6.07) is 82.8. The lowest BCUT2D eigenvalue weighted by Crippen LogP contribution is -2.11. The van der Waals surface area contributed by atoms with Crippen molar-refractivity contribution in [3.8, 4) is 39.1 Å². The Morgan fingerprint density at radius 2 is 0.885 bits per heavy atom. The largest absolute Gasteiger partial charge is 0.455 e. The number of benzene rings is 10. The molecule has 0 saturated carbocycles. The van der Waals surface area contributed by atoms with Crippen molar-refractivity contribution in [2.45, 2.75) is 0 Å². The van der Waals surface area contributed by atoms with E-state index in [1.165, 1.54) is 43.9 Å². The van der Waals surface area contributed by atoms with Gasteiger partial charge in [-0.3, -0.25) is 0 Å². The molecule has 3 heteroatoms. The van der Waals surface area contributed by atoms with E-state index in [0.29, 0.717) is 0 Å². The van der Waals surface area contributed by atoms with Crippen LogP contribution in [0.4, 0.5) is 17.1 Å². The molecule has 0 radical (unpaired) electrons. The van der Waals surface area contributed by atoms with Crippen LogP contribution < -0.4 is 4.90 Å². The highest BCUT2D eigenvalue weighted by atomic mass is 16.3. The smallest absolute Gasteiger partial charge is 0.143 e. The second-order valence-electron chi connectivity index (χ2n) is 15.7. The first-order chi connectivity index (χ1) is 30.3. The number of aromatic nitrogens is 1. The molecule has 0 aliphatic heterocycles. The number of hydrogen-bond acceptors (Lipinski definition) is 2. The molecule has 12 aromatic rings. The highest BCUT2D eigenvalue weighted by Crippen LogP contribution is 2.44. The van der Waals surface area contributed by atoms with Crippen LogP contribution in [0.2, 0.25) is 0 Å². The molecular weight excluding hydrogens is 741 g/mol. The van der Waals surface area contributed by atoms with E-state index in [9.17, 15) is 0 Å². The van der Waals surface area contributed by atoms with E-state index in [1.54, 1.807) is 0 Å². The lowest BCUT2D eigenvalue weighted by atomic mass is 9.99. The van der Waals surface area contributed by atoms with Gasteiger partial charge in [0.2, 0.25) is 0 Å². The number of hydrogen-bond donors (Lipinski definition) is 0.